The van der Waals surface area contributed by atoms with Crippen molar-refractivity contribution in [2.45, 2.75) is 26.4 Å². The van der Waals surface area contributed by atoms with Crippen molar-refractivity contribution in [3.63, 3.8) is 0 Å². The first-order valence-electron chi connectivity index (χ1n) is 5.45. The van der Waals surface area contributed by atoms with Crippen LogP contribution in [0.5, 0.6) is 5.75 Å². The Balaban J connectivity index is 2.55. The van der Waals surface area contributed by atoms with Crippen molar-refractivity contribution in [3.8, 4) is 5.75 Å². The van der Waals surface area contributed by atoms with E-state index in [0.29, 0.717) is 5.39 Å². The molecule has 0 saturated carbocycles. The summed E-state index contributed by atoms with van der Waals surface area (Å²) in [5, 5.41) is 12.1. The smallest absolute Gasteiger partial charge is 0.434 e. The van der Waals surface area contributed by atoms with Crippen LogP contribution in [0, 0.1) is 0 Å². The van der Waals surface area contributed by atoms with E-state index in [1.807, 2.05) is 0 Å². The van der Waals surface area contributed by atoms with Crippen molar-refractivity contribution in [2.24, 2.45) is 0 Å². The summed E-state index contributed by atoms with van der Waals surface area (Å²) in [7, 11) is 0. The van der Waals surface area contributed by atoms with Gasteiger partial charge in [0.1, 0.15) is 11.4 Å². The molecule has 1 aromatic heterocycles. The molecule has 6 nitrogen and oxygen atoms in total. The van der Waals surface area contributed by atoms with Gasteiger partial charge in [-0.15, -0.1) is 0 Å². The Hall–Kier alpha value is -2.24. The molecule has 0 amide bonds. The second-order valence-electron chi connectivity index (χ2n) is 4.96. The lowest BCUT2D eigenvalue weighted by molar-refractivity contribution is 0.0522. The van der Waals surface area contributed by atoms with Gasteiger partial charge in [-0.25, -0.2) is 4.79 Å². The molecular weight excluding hydrogens is 236 g/mol. The van der Waals surface area contributed by atoms with Crippen LogP contribution in [0.4, 0.5) is 4.79 Å². The fourth-order valence-corrected chi connectivity index (χ4v) is 1.57. The van der Waals surface area contributed by atoms with Crippen LogP contribution >= 0.6 is 0 Å². The number of phenols is 1. The fraction of sp³-hybridized carbons (Fsp3) is 0.333. The molecule has 0 aliphatic heterocycles. The van der Waals surface area contributed by atoms with Crippen LogP contribution < -0.4 is 5.56 Å². The van der Waals surface area contributed by atoms with Crippen LogP contribution in [-0.4, -0.2) is 26.6 Å². The van der Waals surface area contributed by atoms with E-state index in [9.17, 15) is 14.7 Å². The SMILES string of the molecule is CC(C)(C)OC(=O)n1[nH]c(=O)c2ccc(O)cc21. The van der Waals surface area contributed by atoms with Gasteiger partial charge >= 0.3 is 6.09 Å². The van der Waals surface area contributed by atoms with Crippen LogP contribution in [-0.2, 0) is 4.74 Å². The quantitative estimate of drug-likeness (QED) is 0.746. The van der Waals surface area contributed by atoms with Gasteiger partial charge in [0, 0.05) is 6.07 Å². The minimum absolute atomic E-state index is 0.0289. The van der Waals surface area contributed by atoms with Gasteiger partial charge in [0.05, 0.1) is 10.9 Å². The summed E-state index contributed by atoms with van der Waals surface area (Å²) < 4.78 is 6.15. The normalized spacial score (nSPS) is 11.7. The number of fused-ring (bicyclic) bond motifs is 1. The summed E-state index contributed by atoms with van der Waals surface area (Å²) in [6, 6.07) is 4.17. The highest BCUT2D eigenvalue weighted by Gasteiger charge is 2.20. The third-order valence-corrected chi connectivity index (χ3v) is 2.26. The predicted molar refractivity (Wildman–Crippen MR) is 65.9 cm³/mol. The maximum absolute atomic E-state index is 11.9. The van der Waals surface area contributed by atoms with E-state index in [2.05, 4.69) is 5.10 Å². The number of H-pyrrole nitrogens is 1. The number of hydrogen-bond donors (Lipinski definition) is 2. The van der Waals surface area contributed by atoms with E-state index in [1.165, 1.54) is 18.2 Å². The zero-order valence-electron chi connectivity index (χ0n) is 10.4. The molecule has 1 heterocycles. The van der Waals surface area contributed by atoms with Gasteiger partial charge in [-0.3, -0.25) is 9.89 Å². The summed E-state index contributed by atoms with van der Waals surface area (Å²) in [6.07, 6.45) is -0.694. The largest absolute Gasteiger partial charge is 0.508 e. The molecule has 0 saturated heterocycles. The zero-order valence-corrected chi connectivity index (χ0v) is 10.4. The van der Waals surface area contributed by atoms with Gasteiger partial charge in [-0.2, -0.15) is 4.68 Å². The molecule has 0 atom stereocenters. The summed E-state index contributed by atoms with van der Waals surface area (Å²) in [6.45, 7) is 5.19. The second-order valence-corrected chi connectivity index (χ2v) is 4.96. The van der Waals surface area contributed by atoms with Crippen molar-refractivity contribution in [1.29, 1.82) is 0 Å². The van der Waals surface area contributed by atoms with E-state index < -0.39 is 17.3 Å². The van der Waals surface area contributed by atoms with Gasteiger partial charge in [0.2, 0.25) is 0 Å². The maximum Gasteiger partial charge on any atom is 0.434 e. The zero-order chi connectivity index (χ0) is 13.5. The number of aromatic hydroxyl groups is 1. The van der Waals surface area contributed by atoms with Gasteiger partial charge in [-0.1, -0.05) is 0 Å². The number of phenolic OH excluding ortho intramolecular Hbond substituents is 1. The lowest BCUT2D eigenvalue weighted by atomic mass is 10.2. The molecule has 2 N–H and O–H groups in total. The molecule has 18 heavy (non-hydrogen) atoms. The number of carbonyl (C=O) groups excluding carboxylic acids is 1. The first-order valence-corrected chi connectivity index (χ1v) is 5.45. The molecule has 1 aromatic carbocycles. The standard InChI is InChI=1S/C12H14N2O4/c1-12(2,3)18-11(17)14-9-6-7(15)4-5-8(9)10(16)13-14/h4-6,15H,1-3H3,(H,13,16). The number of aromatic amines is 1. The van der Waals surface area contributed by atoms with Crippen LogP contribution in [0.3, 0.4) is 0 Å². The molecule has 0 aliphatic rings. The van der Waals surface area contributed by atoms with Crippen LogP contribution in [0.1, 0.15) is 20.8 Å². The number of nitrogens with zero attached hydrogens (tertiary/aromatic N) is 1. The van der Waals surface area contributed by atoms with Gasteiger partial charge < -0.3 is 9.84 Å². The molecule has 0 radical (unpaired) electrons. The van der Waals surface area contributed by atoms with E-state index in [1.54, 1.807) is 20.8 Å². The molecule has 0 spiro atoms. The van der Waals surface area contributed by atoms with E-state index >= 15 is 0 Å². The van der Waals surface area contributed by atoms with Crippen LogP contribution in [0.15, 0.2) is 23.0 Å². The summed E-state index contributed by atoms with van der Waals surface area (Å²) >= 11 is 0. The van der Waals surface area contributed by atoms with Gasteiger partial charge in [-0.05, 0) is 32.9 Å². The van der Waals surface area contributed by atoms with E-state index in [4.69, 9.17) is 4.74 Å². The van der Waals surface area contributed by atoms with Gasteiger partial charge in [0.25, 0.3) is 5.56 Å². The number of benzene rings is 1. The fourth-order valence-electron chi connectivity index (χ4n) is 1.57. The topological polar surface area (TPSA) is 84.3 Å². The Morgan fingerprint density at radius 3 is 2.67 bits per heavy atom. The molecule has 0 aliphatic carbocycles. The Kier molecular flexibility index (Phi) is 2.65. The number of rotatable bonds is 0. The lowest BCUT2D eigenvalue weighted by Crippen LogP contribution is -2.28. The Labute approximate surface area is 103 Å². The Morgan fingerprint density at radius 2 is 2.06 bits per heavy atom. The predicted octanol–water partition coefficient (Wildman–Crippen LogP) is 1.82. The first kappa shape index (κ1) is 12.2. The van der Waals surface area contributed by atoms with Crippen molar-refractivity contribution in [1.82, 2.24) is 9.78 Å². The summed E-state index contributed by atoms with van der Waals surface area (Å²) in [4.78, 5) is 23.5. The molecule has 0 unspecified atom stereocenters. The van der Waals surface area contributed by atoms with Crippen LogP contribution in [0.25, 0.3) is 10.9 Å². The molecule has 2 rings (SSSR count). The third-order valence-electron chi connectivity index (χ3n) is 2.26. The first-order chi connectivity index (χ1) is 8.28. The van der Waals surface area contributed by atoms with Crippen molar-refractivity contribution < 1.29 is 14.6 Å². The molecular formula is C12H14N2O4. The number of hydrogen-bond acceptors (Lipinski definition) is 4. The summed E-state index contributed by atoms with van der Waals surface area (Å²) in [5.41, 5.74) is -0.786. The van der Waals surface area contributed by atoms with Gasteiger partial charge in [0.15, 0.2) is 0 Å². The highest BCUT2D eigenvalue weighted by atomic mass is 16.6. The van der Waals surface area contributed by atoms with Crippen molar-refractivity contribution in [2.75, 3.05) is 0 Å². The average molecular weight is 250 g/mol. The van der Waals surface area contributed by atoms with Crippen molar-refractivity contribution >= 4 is 17.0 Å². The summed E-state index contributed by atoms with van der Waals surface area (Å²) in [5.74, 6) is -0.0289. The van der Waals surface area contributed by atoms with E-state index in [-0.39, 0.29) is 11.3 Å². The van der Waals surface area contributed by atoms with Crippen LogP contribution in [0.2, 0.25) is 0 Å². The number of ether oxygens (including phenoxy) is 1. The van der Waals surface area contributed by atoms with Crippen molar-refractivity contribution in [3.05, 3.63) is 28.6 Å². The molecule has 6 heteroatoms. The Bertz CT molecular complexity index is 661. The molecule has 2 aromatic rings. The Morgan fingerprint density at radius 1 is 1.39 bits per heavy atom. The molecule has 0 bridgehead atoms. The molecule has 0 fully saturated rings. The number of carbonyl (C=O) groups is 1. The minimum Gasteiger partial charge on any atom is -0.508 e. The highest BCUT2D eigenvalue weighted by molar-refractivity contribution is 5.88. The second kappa shape index (κ2) is 3.90. The highest BCUT2D eigenvalue weighted by Crippen LogP contribution is 2.18. The third kappa shape index (κ3) is 2.22. The monoisotopic (exact) mass is 250 g/mol. The maximum atomic E-state index is 11.9. The minimum atomic E-state index is -0.694. The lowest BCUT2D eigenvalue weighted by Gasteiger charge is -2.19. The molecule has 96 valence electrons. The number of aromatic nitrogens is 2. The van der Waals surface area contributed by atoms with E-state index in [0.717, 1.165) is 4.68 Å². The number of nitrogens with one attached hydrogen (secondary N) is 1. The average Bonchev–Trinajstić information content (AvgIpc) is 2.53.